The highest BCUT2D eigenvalue weighted by Crippen LogP contribution is 2.59. The maximum atomic E-state index is 11.8. The highest BCUT2D eigenvalue weighted by molar-refractivity contribution is 7.55. The first-order chi connectivity index (χ1) is 10.8. The third-order valence-corrected chi connectivity index (χ3v) is 6.63. The van der Waals surface area contributed by atoms with Crippen molar-refractivity contribution in [2.75, 3.05) is 19.7 Å². The molecule has 1 heterocycles. The molecular formula is C10H19NO11P2. The van der Waals surface area contributed by atoms with E-state index < -0.39 is 56.9 Å². The van der Waals surface area contributed by atoms with E-state index in [1.54, 1.807) is 0 Å². The monoisotopic (exact) mass is 391 g/mol. The molecule has 0 bridgehead atoms. The lowest BCUT2D eigenvalue weighted by Gasteiger charge is -2.36. The molecule has 0 amide bonds. The van der Waals surface area contributed by atoms with Gasteiger partial charge in [0, 0.05) is 19.5 Å². The molecule has 0 radical (unpaired) electrons. The summed E-state index contributed by atoms with van der Waals surface area (Å²) in [6, 6.07) is 0. The van der Waals surface area contributed by atoms with Crippen molar-refractivity contribution in [2.45, 2.75) is 29.8 Å². The van der Waals surface area contributed by atoms with Gasteiger partial charge in [0.15, 0.2) is 10.8 Å². The minimum Gasteiger partial charge on any atom is -0.481 e. The smallest absolute Gasteiger partial charge is 0.342 e. The summed E-state index contributed by atoms with van der Waals surface area (Å²) in [6.45, 7) is 0.637. The van der Waals surface area contributed by atoms with Gasteiger partial charge >= 0.3 is 27.1 Å². The highest BCUT2D eigenvalue weighted by Gasteiger charge is 2.59. The van der Waals surface area contributed by atoms with Gasteiger partial charge in [-0.2, -0.15) is 0 Å². The molecule has 140 valence electrons. The molecule has 3 unspecified atom stereocenters. The van der Waals surface area contributed by atoms with Crippen LogP contribution in [0.3, 0.4) is 0 Å². The maximum Gasteiger partial charge on any atom is 0.342 e. The van der Waals surface area contributed by atoms with E-state index in [1.165, 1.54) is 0 Å². The molecule has 1 aliphatic rings. The number of morpholine rings is 1. The molecule has 0 aliphatic carbocycles. The van der Waals surface area contributed by atoms with Crippen LogP contribution in [0.15, 0.2) is 0 Å². The first-order valence-corrected chi connectivity index (χ1v) is 10.00. The van der Waals surface area contributed by atoms with E-state index in [1.807, 2.05) is 0 Å². The van der Waals surface area contributed by atoms with Gasteiger partial charge in [0.2, 0.25) is 0 Å². The van der Waals surface area contributed by atoms with E-state index in [0.717, 1.165) is 0 Å². The van der Waals surface area contributed by atoms with E-state index in [2.05, 4.69) is 5.32 Å². The van der Waals surface area contributed by atoms with Gasteiger partial charge in [-0.05, 0) is 6.42 Å². The van der Waals surface area contributed by atoms with Crippen molar-refractivity contribution in [3.8, 4) is 0 Å². The lowest BCUT2D eigenvalue weighted by atomic mass is 9.94. The van der Waals surface area contributed by atoms with Gasteiger partial charge in [-0.1, -0.05) is 0 Å². The van der Waals surface area contributed by atoms with Crippen molar-refractivity contribution < 1.29 is 53.2 Å². The minimum atomic E-state index is -5.51. The van der Waals surface area contributed by atoms with Crippen LogP contribution in [0, 0.1) is 0 Å². The number of hydrogen-bond donors (Lipinski definition) is 7. The molecule has 1 saturated heterocycles. The molecule has 1 rings (SSSR count). The SMILES string of the molecule is O=C(O)C(CC(CC1CNCCO1)(C(=O)O)P(=O)(O)O)P(=O)(O)O. The van der Waals surface area contributed by atoms with Crippen molar-refractivity contribution >= 4 is 27.1 Å². The van der Waals surface area contributed by atoms with E-state index in [4.69, 9.17) is 19.6 Å². The molecular weight excluding hydrogens is 372 g/mol. The van der Waals surface area contributed by atoms with E-state index in [-0.39, 0.29) is 13.2 Å². The highest BCUT2D eigenvalue weighted by atomic mass is 31.2. The number of aliphatic carboxylic acids is 2. The van der Waals surface area contributed by atoms with Crippen molar-refractivity contribution in [1.29, 1.82) is 0 Å². The van der Waals surface area contributed by atoms with Crippen molar-refractivity contribution in [1.82, 2.24) is 5.32 Å². The molecule has 1 aliphatic heterocycles. The number of ether oxygens (including phenoxy) is 1. The van der Waals surface area contributed by atoms with Crippen LogP contribution in [-0.4, -0.2) is 78.3 Å². The van der Waals surface area contributed by atoms with Gasteiger partial charge in [-0.3, -0.25) is 18.7 Å². The topological polar surface area (TPSA) is 211 Å². The zero-order chi connectivity index (χ0) is 18.8. The fourth-order valence-electron chi connectivity index (χ4n) is 2.42. The van der Waals surface area contributed by atoms with Crippen molar-refractivity contribution in [3.63, 3.8) is 0 Å². The van der Waals surface area contributed by atoms with E-state index in [0.29, 0.717) is 6.54 Å². The van der Waals surface area contributed by atoms with Crippen LogP contribution in [0.5, 0.6) is 0 Å². The number of carboxylic acids is 2. The maximum absolute atomic E-state index is 11.8. The Morgan fingerprint density at radius 1 is 1.21 bits per heavy atom. The van der Waals surface area contributed by atoms with Crippen LogP contribution in [-0.2, 0) is 23.5 Å². The summed E-state index contributed by atoms with van der Waals surface area (Å²) in [5, 5.41) is 18.1. The predicted molar refractivity (Wildman–Crippen MR) is 77.7 cm³/mol. The van der Waals surface area contributed by atoms with Crippen LogP contribution in [0.2, 0.25) is 0 Å². The second-order valence-electron chi connectivity index (χ2n) is 5.43. The molecule has 0 aromatic carbocycles. The summed E-state index contributed by atoms with van der Waals surface area (Å²) >= 11 is 0. The number of carboxylic acid groups (broad SMARTS) is 2. The van der Waals surface area contributed by atoms with Crippen LogP contribution >= 0.6 is 15.2 Å². The Kier molecular flexibility index (Phi) is 6.70. The van der Waals surface area contributed by atoms with Gasteiger partial charge in [-0.25, -0.2) is 0 Å². The summed E-state index contributed by atoms with van der Waals surface area (Å²) in [7, 11) is -10.9. The third kappa shape index (κ3) is 4.84. The molecule has 3 atom stereocenters. The lowest BCUT2D eigenvalue weighted by Crippen LogP contribution is -2.49. The average Bonchev–Trinajstić information content (AvgIpc) is 2.40. The quantitative estimate of drug-likeness (QED) is 0.233. The Hall–Kier alpha value is -0.840. The lowest BCUT2D eigenvalue weighted by molar-refractivity contribution is -0.143. The number of rotatable bonds is 8. The Labute approximate surface area is 136 Å². The molecule has 24 heavy (non-hydrogen) atoms. The summed E-state index contributed by atoms with van der Waals surface area (Å²) in [5.74, 6) is -4.10. The first kappa shape index (κ1) is 21.2. The van der Waals surface area contributed by atoms with Gasteiger partial charge < -0.3 is 39.8 Å². The van der Waals surface area contributed by atoms with Gasteiger partial charge in [0.1, 0.15) is 0 Å². The van der Waals surface area contributed by atoms with Crippen LogP contribution in [0.4, 0.5) is 0 Å². The molecule has 0 aromatic heterocycles. The van der Waals surface area contributed by atoms with E-state index in [9.17, 15) is 33.6 Å². The summed E-state index contributed by atoms with van der Waals surface area (Å²) in [4.78, 5) is 60.0. The largest absolute Gasteiger partial charge is 0.481 e. The Balaban J connectivity index is 3.30. The average molecular weight is 391 g/mol. The normalized spacial score (nSPS) is 23.2. The van der Waals surface area contributed by atoms with Crippen LogP contribution in [0.1, 0.15) is 12.8 Å². The summed E-state index contributed by atoms with van der Waals surface area (Å²) in [6.07, 6.45) is -3.20. The number of hydrogen-bond acceptors (Lipinski definition) is 6. The minimum absolute atomic E-state index is 0.0582. The fraction of sp³-hybridized carbons (Fsp3) is 0.800. The standard InChI is InChI=1S/C10H19NO11P2/c12-8(13)7(23(16,17)18)4-10(9(14)15,24(19,20)21)3-6-5-11-1-2-22-6/h6-7,11H,1-5H2,(H,12,13)(H,14,15)(H2,16,17,18)(H2,19,20,21). The Bertz CT molecular complexity index is 577. The summed E-state index contributed by atoms with van der Waals surface area (Å²) in [5.41, 5.74) is -2.57. The summed E-state index contributed by atoms with van der Waals surface area (Å²) < 4.78 is 28.4. The Morgan fingerprint density at radius 3 is 2.12 bits per heavy atom. The third-order valence-electron chi connectivity index (χ3n) is 3.75. The zero-order valence-corrected chi connectivity index (χ0v) is 14.1. The zero-order valence-electron chi connectivity index (χ0n) is 12.3. The van der Waals surface area contributed by atoms with Crippen LogP contribution in [0.25, 0.3) is 0 Å². The molecule has 0 spiro atoms. The van der Waals surface area contributed by atoms with Gasteiger partial charge in [-0.15, -0.1) is 0 Å². The molecule has 12 nitrogen and oxygen atoms in total. The fourth-order valence-corrected chi connectivity index (χ4v) is 4.51. The molecule has 14 heteroatoms. The predicted octanol–water partition coefficient (Wildman–Crippen LogP) is -1.61. The number of carbonyl (C=O) groups is 2. The van der Waals surface area contributed by atoms with Gasteiger partial charge in [0.25, 0.3) is 0 Å². The molecule has 0 aromatic rings. The van der Waals surface area contributed by atoms with Crippen molar-refractivity contribution in [3.05, 3.63) is 0 Å². The van der Waals surface area contributed by atoms with Crippen molar-refractivity contribution in [2.24, 2.45) is 0 Å². The second kappa shape index (κ2) is 7.59. The van der Waals surface area contributed by atoms with Gasteiger partial charge in [0.05, 0.1) is 12.7 Å². The number of nitrogens with one attached hydrogen (secondary N) is 1. The molecule has 7 N–H and O–H groups in total. The molecule has 1 fully saturated rings. The molecule has 0 saturated carbocycles. The Morgan fingerprint density at radius 2 is 1.79 bits per heavy atom. The van der Waals surface area contributed by atoms with Crippen LogP contribution < -0.4 is 5.32 Å². The second-order valence-corrected chi connectivity index (χ2v) is 9.17. The first-order valence-electron chi connectivity index (χ1n) is 6.70. The van der Waals surface area contributed by atoms with E-state index >= 15 is 0 Å².